The number of fused-ring (bicyclic) bond motifs is 1. The lowest BCUT2D eigenvalue weighted by Gasteiger charge is -2.45. The molecule has 2 heterocycles. The molecule has 0 spiro atoms. The van der Waals surface area contributed by atoms with Crippen molar-refractivity contribution < 1.29 is 36.6 Å². The monoisotopic (exact) mass is 622 g/mol. The lowest BCUT2D eigenvalue weighted by Crippen LogP contribution is -2.55. The summed E-state index contributed by atoms with van der Waals surface area (Å²) in [6.07, 6.45) is -5.00. The third-order valence-corrected chi connectivity index (χ3v) is 7.45. The third kappa shape index (κ3) is 6.43. The van der Waals surface area contributed by atoms with E-state index in [2.05, 4.69) is 4.90 Å². The number of esters is 1. The number of carbonyl (C=O) groups is 1. The largest absolute Gasteiger partial charge is 0.497 e. The van der Waals surface area contributed by atoms with E-state index in [9.17, 15) is 18.0 Å². The Kier molecular flexibility index (Phi) is 9.59. The Morgan fingerprint density at radius 2 is 1.63 bits per heavy atom. The van der Waals surface area contributed by atoms with Crippen LogP contribution in [0.1, 0.15) is 23.6 Å². The number of aliphatic imine (C=N–C) groups is 1. The van der Waals surface area contributed by atoms with Crippen LogP contribution in [0.4, 0.5) is 34.6 Å². The molecule has 0 saturated carbocycles. The van der Waals surface area contributed by atoms with Gasteiger partial charge in [-0.05, 0) is 42.5 Å². The standard InChI is InChI=1S/C30H30F4N4O4.ClH/c1-40-21-7-4-6-20(17-21)36-12-14-37(15-13-36)29-35-23-9-5-8-22(31)28(23)25(18-27(39)42-3)38(29)24-16-19(30(32,33)34)10-11-26(24)41-2;/h4-11,16-17,25H,12-15,18H2,1-3H3;1H. The van der Waals surface area contributed by atoms with E-state index >= 15 is 4.39 Å². The molecule has 1 saturated heterocycles. The summed E-state index contributed by atoms with van der Waals surface area (Å²) < 4.78 is 72.8. The molecule has 1 atom stereocenters. The molecule has 0 aromatic heterocycles. The van der Waals surface area contributed by atoms with Gasteiger partial charge in [-0.1, -0.05) is 12.1 Å². The highest BCUT2D eigenvalue weighted by atomic mass is 35.5. The number of methoxy groups -OCH3 is 3. The van der Waals surface area contributed by atoms with Crippen LogP contribution >= 0.6 is 12.4 Å². The molecule has 0 N–H and O–H groups in total. The molecular weight excluding hydrogens is 592 g/mol. The van der Waals surface area contributed by atoms with Gasteiger partial charge in [0.05, 0.1) is 50.7 Å². The van der Waals surface area contributed by atoms with Crippen LogP contribution < -0.4 is 19.3 Å². The summed E-state index contributed by atoms with van der Waals surface area (Å²) in [5, 5.41) is 0. The molecule has 1 unspecified atom stereocenters. The second-order valence-corrected chi connectivity index (χ2v) is 9.81. The Bertz CT molecular complexity index is 1500. The zero-order chi connectivity index (χ0) is 30.0. The van der Waals surface area contributed by atoms with E-state index in [4.69, 9.17) is 19.2 Å². The molecule has 13 heteroatoms. The van der Waals surface area contributed by atoms with Gasteiger partial charge in [-0.2, -0.15) is 13.2 Å². The van der Waals surface area contributed by atoms with E-state index in [-0.39, 0.29) is 47.5 Å². The summed E-state index contributed by atoms with van der Waals surface area (Å²) in [5.41, 5.74) is 0.421. The Morgan fingerprint density at radius 3 is 2.28 bits per heavy atom. The number of hydrogen-bond donors (Lipinski definition) is 0. The normalized spacial score (nSPS) is 16.6. The third-order valence-electron chi connectivity index (χ3n) is 7.45. The van der Waals surface area contributed by atoms with Crippen molar-refractivity contribution in [1.29, 1.82) is 0 Å². The second-order valence-electron chi connectivity index (χ2n) is 9.81. The molecule has 0 bridgehead atoms. The minimum Gasteiger partial charge on any atom is -0.497 e. The molecule has 5 rings (SSSR count). The van der Waals surface area contributed by atoms with Crippen molar-refractivity contribution in [1.82, 2.24) is 4.90 Å². The first kappa shape index (κ1) is 31.7. The fourth-order valence-corrected chi connectivity index (χ4v) is 5.34. The predicted octanol–water partition coefficient (Wildman–Crippen LogP) is 6.22. The molecule has 8 nitrogen and oxygen atoms in total. The van der Waals surface area contributed by atoms with Gasteiger partial charge in [0.1, 0.15) is 17.3 Å². The maximum atomic E-state index is 15.4. The Hall–Kier alpha value is -4.19. The first-order valence-corrected chi connectivity index (χ1v) is 13.3. The van der Waals surface area contributed by atoms with Crippen LogP contribution in [-0.2, 0) is 15.7 Å². The average molecular weight is 623 g/mol. The SMILES string of the molecule is COC(=O)CC1c2c(F)cccc2N=C(N2CCN(c3cccc(OC)c3)CC2)N1c1cc(C(F)(F)F)ccc1OC.Cl. The number of piperazine rings is 1. The topological polar surface area (TPSA) is 66.8 Å². The molecule has 0 amide bonds. The number of halogens is 5. The molecule has 0 radical (unpaired) electrons. The highest BCUT2D eigenvalue weighted by Gasteiger charge is 2.41. The van der Waals surface area contributed by atoms with Crippen LogP contribution in [0.15, 0.2) is 65.7 Å². The molecule has 43 heavy (non-hydrogen) atoms. The van der Waals surface area contributed by atoms with E-state index in [1.54, 1.807) is 13.2 Å². The van der Waals surface area contributed by atoms with Gasteiger partial charge in [-0.15, -0.1) is 12.4 Å². The summed E-state index contributed by atoms with van der Waals surface area (Å²) in [6.45, 7) is 2.03. The molecular formula is C30H31ClF4N4O4. The first-order chi connectivity index (χ1) is 20.1. The van der Waals surface area contributed by atoms with Gasteiger partial charge in [0.25, 0.3) is 0 Å². The van der Waals surface area contributed by atoms with Gasteiger partial charge in [-0.3, -0.25) is 4.79 Å². The highest BCUT2D eigenvalue weighted by Crippen LogP contribution is 2.46. The van der Waals surface area contributed by atoms with E-state index in [1.807, 2.05) is 29.2 Å². The molecule has 230 valence electrons. The number of alkyl halides is 3. The van der Waals surface area contributed by atoms with E-state index in [0.29, 0.717) is 26.2 Å². The fraction of sp³-hybridized carbons (Fsp3) is 0.333. The zero-order valence-corrected chi connectivity index (χ0v) is 24.5. The van der Waals surface area contributed by atoms with Gasteiger partial charge in [0.15, 0.2) is 0 Å². The van der Waals surface area contributed by atoms with Crippen LogP contribution in [0.5, 0.6) is 11.5 Å². The van der Waals surface area contributed by atoms with Crippen molar-refractivity contribution >= 4 is 41.4 Å². The van der Waals surface area contributed by atoms with Crippen molar-refractivity contribution in [3.05, 3.63) is 77.6 Å². The Balaban J connectivity index is 0.00000423. The summed E-state index contributed by atoms with van der Waals surface area (Å²) in [6, 6.07) is 14.0. The fourth-order valence-electron chi connectivity index (χ4n) is 5.34. The van der Waals surface area contributed by atoms with Crippen molar-refractivity contribution in [2.24, 2.45) is 4.99 Å². The Morgan fingerprint density at radius 1 is 0.930 bits per heavy atom. The molecule has 2 aliphatic heterocycles. The quantitative estimate of drug-likeness (QED) is 0.239. The minimum atomic E-state index is -4.66. The second kappa shape index (κ2) is 13.0. The summed E-state index contributed by atoms with van der Waals surface area (Å²) in [5.74, 6) is -0.179. The highest BCUT2D eigenvalue weighted by molar-refractivity contribution is 6.02. The van der Waals surface area contributed by atoms with Crippen molar-refractivity contribution in [3.63, 3.8) is 0 Å². The number of anilines is 2. The number of benzene rings is 3. The van der Waals surface area contributed by atoms with E-state index in [0.717, 1.165) is 23.6 Å². The van der Waals surface area contributed by atoms with Gasteiger partial charge in [0, 0.05) is 43.5 Å². The zero-order valence-electron chi connectivity index (χ0n) is 23.7. The van der Waals surface area contributed by atoms with Crippen molar-refractivity contribution in [2.45, 2.75) is 18.6 Å². The number of rotatable bonds is 6. The average Bonchev–Trinajstić information content (AvgIpc) is 3.00. The van der Waals surface area contributed by atoms with Crippen LogP contribution in [0, 0.1) is 5.82 Å². The van der Waals surface area contributed by atoms with Gasteiger partial charge >= 0.3 is 12.1 Å². The number of ether oxygens (including phenoxy) is 3. The summed E-state index contributed by atoms with van der Waals surface area (Å²) in [4.78, 5) is 23.0. The summed E-state index contributed by atoms with van der Waals surface area (Å²) in [7, 11) is 4.14. The van der Waals surface area contributed by atoms with Crippen LogP contribution in [0.25, 0.3) is 0 Å². The number of carbonyl (C=O) groups excluding carboxylic acids is 1. The van der Waals surface area contributed by atoms with Gasteiger partial charge in [0.2, 0.25) is 5.96 Å². The number of guanidine groups is 1. The predicted molar refractivity (Wildman–Crippen MR) is 157 cm³/mol. The molecule has 2 aliphatic rings. The van der Waals surface area contributed by atoms with Crippen molar-refractivity contribution in [3.8, 4) is 11.5 Å². The summed E-state index contributed by atoms with van der Waals surface area (Å²) >= 11 is 0. The smallest absolute Gasteiger partial charge is 0.416 e. The first-order valence-electron chi connectivity index (χ1n) is 13.3. The Labute approximate surface area is 252 Å². The van der Waals surface area contributed by atoms with Crippen LogP contribution in [0.3, 0.4) is 0 Å². The van der Waals surface area contributed by atoms with Gasteiger partial charge < -0.3 is 28.9 Å². The van der Waals surface area contributed by atoms with E-state index in [1.165, 1.54) is 37.3 Å². The maximum Gasteiger partial charge on any atom is 0.416 e. The van der Waals surface area contributed by atoms with Crippen LogP contribution in [-0.4, -0.2) is 64.3 Å². The molecule has 1 fully saturated rings. The number of hydrogen-bond acceptors (Lipinski definition) is 8. The van der Waals surface area contributed by atoms with E-state index < -0.39 is 29.6 Å². The van der Waals surface area contributed by atoms with Crippen molar-refractivity contribution in [2.75, 3.05) is 57.3 Å². The van der Waals surface area contributed by atoms with Crippen LogP contribution in [0.2, 0.25) is 0 Å². The lowest BCUT2D eigenvalue weighted by atomic mass is 9.96. The van der Waals surface area contributed by atoms with Gasteiger partial charge in [-0.25, -0.2) is 9.38 Å². The lowest BCUT2D eigenvalue weighted by molar-refractivity contribution is -0.141. The minimum absolute atomic E-state index is 0. The number of nitrogens with zero attached hydrogens (tertiary/aromatic N) is 4. The maximum absolute atomic E-state index is 15.4. The molecule has 3 aromatic carbocycles. The molecule has 0 aliphatic carbocycles. The molecule has 3 aromatic rings.